The summed E-state index contributed by atoms with van der Waals surface area (Å²) in [5.74, 6) is 0.189. The van der Waals surface area contributed by atoms with Crippen molar-refractivity contribution in [2.45, 2.75) is 18.5 Å². The van der Waals surface area contributed by atoms with Crippen LogP contribution in [0.5, 0.6) is 0 Å². The molecule has 4 saturated heterocycles. The van der Waals surface area contributed by atoms with Crippen LogP contribution in [0.2, 0.25) is 0 Å². The molecule has 0 N–H and O–H groups in total. The largest absolute Gasteiger partial charge is 0.361 e. The molecular weight excluding hydrogens is 386 g/mol. The van der Waals surface area contributed by atoms with Gasteiger partial charge >= 0.3 is 0 Å². The smallest absolute Gasteiger partial charge is 0.264 e. The summed E-state index contributed by atoms with van der Waals surface area (Å²) in [5, 5.41) is 1.19. The van der Waals surface area contributed by atoms with Gasteiger partial charge in [-0.25, -0.2) is 0 Å². The van der Waals surface area contributed by atoms with Gasteiger partial charge in [0, 0.05) is 51.9 Å². The van der Waals surface area contributed by atoms with Gasteiger partial charge in [0.2, 0.25) is 5.91 Å². The molecule has 1 aromatic heterocycles. The normalized spacial score (nSPS) is 25.0. The molecule has 0 aliphatic carbocycles. The topological polar surface area (TPSA) is 50.3 Å². The Hall–Kier alpha value is -1.90. The van der Waals surface area contributed by atoms with Crippen LogP contribution in [0.3, 0.4) is 0 Å². The zero-order chi connectivity index (χ0) is 20.5. The number of hydrogen-bond donors (Lipinski definition) is 0. The Bertz CT molecular complexity index is 772. The number of likely N-dealkylation sites (N-methyl/N-ethyl adjacent to an activating group) is 2. The molecule has 4 aliphatic heterocycles. The van der Waals surface area contributed by atoms with Gasteiger partial charge in [-0.05, 0) is 39.7 Å². The van der Waals surface area contributed by atoms with Crippen LogP contribution in [0.1, 0.15) is 16.1 Å². The Morgan fingerprint density at radius 1 is 1.14 bits per heavy atom. The van der Waals surface area contributed by atoms with Gasteiger partial charge in [0.05, 0.1) is 22.0 Å². The highest BCUT2D eigenvalue weighted by atomic mass is 32.1. The van der Waals surface area contributed by atoms with Crippen molar-refractivity contribution in [3.63, 3.8) is 0 Å². The van der Waals surface area contributed by atoms with Crippen molar-refractivity contribution < 1.29 is 9.59 Å². The summed E-state index contributed by atoms with van der Waals surface area (Å²) in [4.78, 5) is 36.9. The fourth-order valence-corrected chi connectivity index (χ4v) is 5.41. The molecule has 158 valence electrons. The van der Waals surface area contributed by atoms with Gasteiger partial charge in [-0.1, -0.05) is 6.08 Å². The third-order valence-electron chi connectivity index (χ3n) is 6.08. The maximum atomic E-state index is 13.0. The molecule has 0 aromatic carbocycles. The first-order chi connectivity index (χ1) is 13.9. The van der Waals surface area contributed by atoms with Gasteiger partial charge in [-0.15, -0.1) is 11.3 Å². The van der Waals surface area contributed by atoms with Gasteiger partial charge in [-0.3, -0.25) is 9.59 Å². The lowest BCUT2D eigenvalue weighted by Crippen LogP contribution is -2.70. The molecule has 29 heavy (non-hydrogen) atoms. The minimum atomic E-state index is 0.0775. The van der Waals surface area contributed by atoms with Crippen molar-refractivity contribution in [3.8, 4) is 0 Å². The predicted octanol–water partition coefficient (Wildman–Crippen LogP) is 1.04. The maximum Gasteiger partial charge on any atom is 0.264 e. The lowest BCUT2D eigenvalue weighted by Gasteiger charge is -2.55. The van der Waals surface area contributed by atoms with Gasteiger partial charge in [-0.2, -0.15) is 0 Å². The van der Waals surface area contributed by atoms with Gasteiger partial charge in [0.15, 0.2) is 0 Å². The molecule has 4 fully saturated rings. The van der Waals surface area contributed by atoms with Crippen LogP contribution < -0.4 is 4.90 Å². The Morgan fingerprint density at radius 3 is 2.48 bits per heavy atom. The number of anilines is 1. The number of carbonyl (C=O) groups excluding carboxylic acids is 2. The molecule has 7 nitrogen and oxygen atoms in total. The number of hydrogen-bond acceptors (Lipinski definition) is 6. The fourth-order valence-electron chi connectivity index (χ4n) is 4.38. The predicted molar refractivity (Wildman–Crippen MR) is 117 cm³/mol. The van der Waals surface area contributed by atoms with E-state index in [1.54, 1.807) is 17.4 Å². The van der Waals surface area contributed by atoms with Crippen molar-refractivity contribution in [1.82, 2.24) is 19.6 Å². The van der Waals surface area contributed by atoms with E-state index in [2.05, 4.69) is 22.9 Å². The highest BCUT2D eigenvalue weighted by Gasteiger charge is 2.47. The number of amides is 2. The number of fused-ring (bicyclic) bond motifs is 2. The summed E-state index contributed by atoms with van der Waals surface area (Å²) in [6.07, 6.45) is 4.59. The summed E-state index contributed by atoms with van der Waals surface area (Å²) in [7, 11) is 6.11. The standard InChI is InChI=1S/C21H31N5O2S/c1-22(2)8-4-5-19(27)26-16-13-17(26)15-25(14-16)21(28)18-6-7-20(29-18)24-11-9-23(3)10-12-24/h4-7,16-17H,8-15H2,1-3H3/b5-4+. The molecule has 2 unspecified atom stereocenters. The number of piperazine rings is 2. The van der Waals surface area contributed by atoms with Gasteiger partial charge in [0.1, 0.15) is 0 Å². The third-order valence-corrected chi connectivity index (χ3v) is 7.22. The highest BCUT2D eigenvalue weighted by Crippen LogP contribution is 2.35. The van der Waals surface area contributed by atoms with Crippen molar-refractivity contribution >= 4 is 28.2 Å². The minimum Gasteiger partial charge on any atom is -0.361 e. The zero-order valence-electron chi connectivity index (χ0n) is 17.6. The van der Waals surface area contributed by atoms with Crippen molar-refractivity contribution in [1.29, 1.82) is 0 Å². The van der Waals surface area contributed by atoms with Gasteiger partial charge in [0.25, 0.3) is 5.91 Å². The van der Waals surface area contributed by atoms with E-state index in [0.717, 1.165) is 44.0 Å². The third kappa shape index (κ3) is 4.34. The van der Waals surface area contributed by atoms with Crippen molar-refractivity contribution in [2.75, 3.05) is 71.9 Å². The first kappa shape index (κ1) is 20.4. The van der Waals surface area contributed by atoms with E-state index in [0.29, 0.717) is 13.1 Å². The summed E-state index contributed by atoms with van der Waals surface area (Å²) in [5.41, 5.74) is 0. The average molecular weight is 418 g/mol. The van der Waals surface area contributed by atoms with E-state index in [1.165, 1.54) is 5.00 Å². The Labute approximate surface area is 177 Å². The van der Waals surface area contributed by atoms with Crippen LogP contribution >= 0.6 is 11.3 Å². The molecule has 2 atom stereocenters. The Balaban J connectivity index is 1.33. The van der Waals surface area contributed by atoms with E-state index in [1.807, 2.05) is 40.9 Å². The molecule has 0 saturated carbocycles. The number of nitrogens with zero attached hydrogens (tertiary/aromatic N) is 5. The molecule has 4 aliphatic rings. The van der Waals surface area contributed by atoms with Crippen LogP contribution in [0.4, 0.5) is 5.00 Å². The second-order valence-electron chi connectivity index (χ2n) is 8.59. The molecule has 2 bridgehead atoms. The average Bonchev–Trinajstić information content (AvgIpc) is 3.17. The number of thiophene rings is 1. The van der Waals surface area contributed by atoms with Crippen molar-refractivity contribution in [3.05, 3.63) is 29.2 Å². The number of carbonyl (C=O) groups is 2. The lowest BCUT2D eigenvalue weighted by molar-refractivity contribution is -0.146. The Kier molecular flexibility index (Phi) is 5.94. The zero-order valence-corrected chi connectivity index (χ0v) is 18.4. The maximum absolute atomic E-state index is 13.0. The van der Waals surface area contributed by atoms with Crippen LogP contribution in [-0.2, 0) is 4.79 Å². The second-order valence-corrected chi connectivity index (χ2v) is 9.65. The van der Waals surface area contributed by atoms with E-state index in [4.69, 9.17) is 0 Å². The highest BCUT2D eigenvalue weighted by molar-refractivity contribution is 7.18. The molecule has 0 spiro atoms. The molecule has 0 radical (unpaired) electrons. The molecule has 2 amide bonds. The summed E-state index contributed by atoms with van der Waals surface area (Å²) >= 11 is 1.60. The molecule has 8 heteroatoms. The van der Waals surface area contributed by atoms with E-state index >= 15 is 0 Å². The first-order valence-electron chi connectivity index (χ1n) is 10.4. The molecular formula is C21H31N5O2S. The van der Waals surface area contributed by atoms with E-state index in [-0.39, 0.29) is 23.9 Å². The summed E-state index contributed by atoms with van der Waals surface area (Å²) in [6.45, 7) is 6.18. The Morgan fingerprint density at radius 2 is 1.83 bits per heavy atom. The molecule has 1 aromatic rings. The quantitative estimate of drug-likeness (QED) is 0.670. The van der Waals surface area contributed by atoms with E-state index in [9.17, 15) is 9.59 Å². The minimum absolute atomic E-state index is 0.0775. The van der Waals surface area contributed by atoms with Crippen LogP contribution in [0.25, 0.3) is 0 Å². The fraction of sp³-hybridized carbons (Fsp3) is 0.619. The molecule has 5 heterocycles. The lowest BCUT2D eigenvalue weighted by atomic mass is 9.87. The molecule has 5 rings (SSSR count). The SMILES string of the molecule is CN(C)C/C=C/C(=O)N1C2CC1CN(C(=O)c1ccc(N3CCN(C)CC3)s1)C2. The monoisotopic (exact) mass is 417 g/mol. The van der Waals surface area contributed by atoms with Crippen LogP contribution in [0.15, 0.2) is 24.3 Å². The first-order valence-corrected chi connectivity index (χ1v) is 11.2. The number of rotatable bonds is 5. The summed E-state index contributed by atoms with van der Waals surface area (Å²) < 4.78 is 0. The van der Waals surface area contributed by atoms with Crippen molar-refractivity contribution in [2.24, 2.45) is 0 Å². The van der Waals surface area contributed by atoms with E-state index < -0.39 is 0 Å². The second kappa shape index (κ2) is 8.45. The van der Waals surface area contributed by atoms with Crippen LogP contribution in [0, 0.1) is 0 Å². The summed E-state index contributed by atoms with van der Waals surface area (Å²) in [6, 6.07) is 4.37. The van der Waals surface area contributed by atoms with Gasteiger partial charge < -0.3 is 24.5 Å². The van der Waals surface area contributed by atoms with Crippen LogP contribution in [-0.4, -0.2) is 110 Å². The number of piperidine rings is 1.